The summed E-state index contributed by atoms with van der Waals surface area (Å²) >= 11 is 0. The zero-order valence-corrected chi connectivity index (χ0v) is 11.8. The SMILES string of the molecule is Cc1ccc(-c2nn(-c3ccccc3)c(N)c2C)c(F)n1. The second-order valence-electron chi connectivity index (χ2n) is 4.90. The summed E-state index contributed by atoms with van der Waals surface area (Å²) in [6.07, 6.45) is 0. The molecule has 0 radical (unpaired) electrons. The Hall–Kier alpha value is -2.69. The molecule has 0 spiro atoms. The van der Waals surface area contributed by atoms with Gasteiger partial charge in [-0.2, -0.15) is 9.49 Å². The fourth-order valence-electron chi connectivity index (χ4n) is 2.23. The molecule has 0 atom stereocenters. The lowest BCUT2D eigenvalue weighted by molar-refractivity contribution is 0.583. The molecule has 21 heavy (non-hydrogen) atoms. The highest BCUT2D eigenvalue weighted by Gasteiger charge is 2.18. The Bertz CT molecular complexity index is 794. The van der Waals surface area contributed by atoms with E-state index >= 15 is 0 Å². The van der Waals surface area contributed by atoms with Gasteiger partial charge in [0.05, 0.1) is 11.3 Å². The number of benzene rings is 1. The van der Waals surface area contributed by atoms with Crippen molar-refractivity contribution in [1.29, 1.82) is 0 Å². The van der Waals surface area contributed by atoms with Crippen LogP contribution in [0, 0.1) is 19.8 Å². The van der Waals surface area contributed by atoms with Crippen LogP contribution in [-0.2, 0) is 0 Å². The van der Waals surface area contributed by atoms with Crippen LogP contribution in [0.1, 0.15) is 11.3 Å². The normalized spacial score (nSPS) is 10.8. The fourth-order valence-corrected chi connectivity index (χ4v) is 2.23. The average Bonchev–Trinajstić information content (AvgIpc) is 2.77. The molecular formula is C16H15FN4. The lowest BCUT2D eigenvalue weighted by atomic mass is 10.1. The predicted octanol–water partition coefficient (Wildman–Crippen LogP) is 3.27. The molecule has 0 aliphatic heterocycles. The number of halogens is 1. The van der Waals surface area contributed by atoms with E-state index in [0.29, 0.717) is 22.8 Å². The molecule has 0 bridgehead atoms. The number of hydrogen-bond acceptors (Lipinski definition) is 3. The Morgan fingerprint density at radius 2 is 1.76 bits per heavy atom. The van der Waals surface area contributed by atoms with Gasteiger partial charge in [-0.15, -0.1) is 0 Å². The minimum atomic E-state index is -0.532. The van der Waals surface area contributed by atoms with Crippen molar-refractivity contribution in [3.8, 4) is 16.9 Å². The molecule has 0 amide bonds. The van der Waals surface area contributed by atoms with E-state index in [-0.39, 0.29) is 0 Å². The molecule has 0 aliphatic rings. The van der Waals surface area contributed by atoms with Crippen LogP contribution in [0.2, 0.25) is 0 Å². The Morgan fingerprint density at radius 1 is 1.05 bits per heavy atom. The van der Waals surface area contributed by atoms with Crippen molar-refractivity contribution in [2.45, 2.75) is 13.8 Å². The monoisotopic (exact) mass is 282 g/mol. The number of hydrogen-bond donors (Lipinski definition) is 1. The summed E-state index contributed by atoms with van der Waals surface area (Å²) in [5.74, 6) is -0.0352. The Kier molecular flexibility index (Phi) is 3.17. The maximum atomic E-state index is 14.1. The highest BCUT2D eigenvalue weighted by atomic mass is 19.1. The van der Waals surface area contributed by atoms with Crippen LogP contribution in [0.15, 0.2) is 42.5 Å². The van der Waals surface area contributed by atoms with Gasteiger partial charge in [0.1, 0.15) is 11.5 Å². The zero-order chi connectivity index (χ0) is 15.0. The largest absolute Gasteiger partial charge is 0.383 e. The molecule has 3 aromatic rings. The number of aryl methyl sites for hydroxylation is 1. The van der Waals surface area contributed by atoms with E-state index in [9.17, 15) is 4.39 Å². The smallest absolute Gasteiger partial charge is 0.222 e. The predicted molar refractivity (Wildman–Crippen MR) is 80.6 cm³/mol. The second kappa shape index (κ2) is 5.01. The summed E-state index contributed by atoms with van der Waals surface area (Å²) < 4.78 is 15.7. The van der Waals surface area contributed by atoms with Crippen molar-refractivity contribution >= 4 is 5.82 Å². The van der Waals surface area contributed by atoms with Crippen LogP contribution in [0.4, 0.5) is 10.2 Å². The number of para-hydroxylation sites is 1. The van der Waals surface area contributed by atoms with Crippen molar-refractivity contribution in [3.05, 3.63) is 59.7 Å². The van der Waals surface area contributed by atoms with E-state index in [1.165, 1.54) is 0 Å². The molecular weight excluding hydrogens is 267 g/mol. The summed E-state index contributed by atoms with van der Waals surface area (Å²) in [4.78, 5) is 3.85. The van der Waals surface area contributed by atoms with Gasteiger partial charge in [-0.25, -0.2) is 9.67 Å². The van der Waals surface area contributed by atoms with Crippen LogP contribution >= 0.6 is 0 Å². The Balaban J connectivity index is 2.17. The quantitative estimate of drug-likeness (QED) is 0.734. The average molecular weight is 282 g/mol. The maximum absolute atomic E-state index is 14.1. The Morgan fingerprint density at radius 3 is 2.43 bits per heavy atom. The third kappa shape index (κ3) is 2.27. The van der Waals surface area contributed by atoms with Gasteiger partial charge in [-0.3, -0.25) is 0 Å². The van der Waals surface area contributed by atoms with Crippen molar-refractivity contribution in [1.82, 2.24) is 14.8 Å². The minimum Gasteiger partial charge on any atom is -0.383 e. The van der Waals surface area contributed by atoms with Crippen LogP contribution in [0.5, 0.6) is 0 Å². The van der Waals surface area contributed by atoms with Crippen molar-refractivity contribution < 1.29 is 4.39 Å². The van der Waals surface area contributed by atoms with Gasteiger partial charge in [0.15, 0.2) is 0 Å². The molecule has 0 saturated carbocycles. The van der Waals surface area contributed by atoms with E-state index in [0.717, 1.165) is 11.3 Å². The number of pyridine rings is 1. The molecule has 0 aliphatic carbocycles. The van der Waals surface area contributed by atoms with E-state index in [1.807, 2.05) is 37.3 Å². The van der Waals surface area contributed by atoms with E-state index < -0.39 is 5.95 Å². The topological polar surface area (TPSA) is 56.7 Å². The number of nitrogens with zero attached hydrogens (tertiary/aromatic N) is 3. The molecule has 0 saturated heterocycles. The van der Waals surface area contributed by atoms with Crippen molar-refractivity contribution in [3.63, 3.8) is 0 Å². The number of aromatic nitrogens is 3. The van der Waals surface area contributed by atoms with Crippen LogP contribution in [-0.4, -0.2) is 14.8 Å². The minimum absolute atomic E-state index is 0.361. The van der Waals surface area contributed by atoms with Gasteiger partial charge in [0, 0.05) is 11.3 Å². The number of anilines is 1. The molecule has 5 heteroatoms. The summed E-state index contributed by atoms with van der Waals surface area (Å²) in [6.45, 7) is 3.58. The van der Waals surface area contributed by atoms with Crippen LogP contribution < -0.4 is 5.73 Å². The van der Waals surface area contributed by atoms with Gasteiger partial charge in [-0.05, 0) is 38.1 Å². The molecule has 0 fully saturated rings. The van der Waals surface area contributed by atoms with Gasteiger partial charge >= 0.3 is 0 Å². The van der Waals surface area contributed by atoms with Crippen LogP contribution in [0.25, 0.3) is 16.9 Å². The first-order valence-electron chi connectivity index (χ1n) is 6.62. The molecule has 2 aromatic heterocycles. The van der Waals surface area contributed by atoms with Crippen molar-refractivity contribution in [2.24, 2.45) is 0 Å². The summed E-state index contributed by atoms with van der Waals surface area (Å²) in [5, 5.41) is 4.45. The number of nitrogen functional groups attached to an aromatic ring is 1. The first-order valence-corrected chi connectivity index (χ1v) is 6.62. The van der Waals surface area contributed by atoms with Crippen molar-refractivity contribution in [2.75, 3.05) is 5.73 Å². The molecule has 0 unspecified atom stereocenters. The Labute approximate surface area is 122 Å². The van der Waals surface area contributed by atoms with E-state index in [2.05, 4.69) is 10.1 Å². The molecule has 4 nitrogen and oxygen atoms in total. The molecule has 3 rings (SSSR count). The first-order chi connectivity index (χ1) is 10.1. The highest BCUT2D eigenvalue weighted by molar-refractivity contribution is 5.69. The summed E-state index contributed by atoms with van der Waals surface area (Å²) in [5.41, 5.74) is 9.19. The van der Waals surface area contributed by atoms with Gasteiger partial charge in [0.2, 0.25) is 5.95 Å². The fraction of sp³-hybridized carbons (Fsp3) is 0.125. The summed E-state index contributed by atoms with van der Waals surface area (Å²) in [7, 11) is 0. The lowest BCUT2D eigenvalue weighted by Gasteiger charge is -2.03. The molecule has 1 aromatic carbocycles. The molecule has 2 N–H and O–H groups in total. The number of nitrogens with two attached hydrogens (primary N) is 1. The lowest BCUT2D eigenvalue weighted by Crippen LogP contribution is -2.01. The van der Waals surface area contributed by atoms with E-state index in [4.69, 9.17) is 5.73 Å². The zero-order valence-electron chi connectivity index (χ0n) is 11.8. The van der Waals surface area contributed by atoms with Gasteiger partial charge < -0.3 is 5.73 Å². The third-order valence-corrected chi connectivity index (χ3v) is 3.41. The number of rotatable bonds is 2. The molecule has 106 valence electrons. The standard InChI is InChI=1S/C16H15FN4/c1-10-8-9-13(15(17)19-10)14-11(2)16(18)21(20-14)12-6-4-3-5-7-12/h3-9H,18H2,1-2H3. The van der Waals surface area contributed by atoms with Crippen LogP contribution in [0.3, 0.4) is 0 Å². The first kappa shape index (κ1) is 13.3. The third-order valence-electron chi connectivity index (χ3n) is 3.41. The highest BCUT2D eigenvalue weighted by Crippen LogP contribution is 2.29. The van der Waals surface area contributed by atoms with Gasteiger partial charge in [0.25, 0.3) is 0 Å². The van der Waals surface area contributed by atoms with E-state index in [1.54, 1.807) is 23.7 Å². The maximum Gasteiger partial charge on any atom is 0.222 e. The summed E-state index contributed by atoms with van der Waals surface area (Å²) in [6, 6.07) is 13.0. The second-order valence-corrected chi connectivity index (χ2v) is 4.90. The van der Waals surface area contributed by atoms with Gasteiger partial charge in [-0.1, -0.05) is 18.2 Å². The molecule has 2 heterocycles.